The zero-order valence-electron chi connectivity index (χ0n) is 8.10. The Kier molecular flexibility index (Phi) is 3.44. The van der Waals surface area contributed by atoms with Crippen LogP contribution in [0.4, 0.5) is 13.2 Å². The molecule has 0 N–H and O–H groups in total. The highest BCUT2D eigenvalue weighted by molar-refractivity contribution is 6.29. The van der Waals surface area contributed by atoms with Crippen molar-refractivity contribution in [2.45, 2.75) is 26.1 Å². The number of ether oxygens (including phenoxy) is 1. The number of nitrogens with zero attached hydrogens (tertiary/aromatic N) is 1. The Balaban J connectivity index is 2.85. The molecular formula is C9H9ClF3NO. The Morgan fingerprint density at radius 3 is 2.60 bits per heavy atom. The normalized spacial score (nSPS) is 13.7. The van der Waals surface area contributed by atoms with Gasteiger partial charge in [-0.15, -0.1) is 0 Å². The van der Waals surface area contributed by atoms with E-state index in [-0.39, 0.29) is 10.9 Å². The van der Waals surface area contributed by atoms with Crippen LogP contribution in [0.2, 0.25) is 5.15 Å². The van der Waals surface area contributed by atoms with Crippen LogP contribution in [0, 0.1) is 6.92 Å². The van der Waals surface area contributed by atoms with E-state index >= 15 is 0 Å². The highest BCUT2D eigenvalue weighted by atomic mass is 35.5. The van der Waals surface area contributed by atoms with Gasteiger partial charge in [0.2, 0.25) is 0 Å². The van der Waals surface area contributed by atoms with Crippen LogP contribution in [0.15, 0.2) is 12.3 Å². The molecule has 6 heteroatoms. The van der Waals surface area contributed by atoms with Gasteiger partial charge in [-0.2, -0.15) is 13.2 Å². The molecule has 1 unspecified atom stereocenters. The lowest BCUT2D eigenvalue weighted by Crippen LogP contribution is -2.31. The Labute approximate surface area is 90.0 Å². The topological polar surface area (TPSA) is 22.1 Å². The third-order valence-corrected chi connectivity index (χ3v) is 1.99. The fourth-order valence-corrected chi connectivity index (χ4v) is 1.01. The van der Waals surface area contributed by atoms with Crippen molar-refractivity contribution in [3.05, 3.63) is 23.0 Å². The van der Waals surface area contributed by atoms with Crippen molar-refractivity contribution in [1.29, 1.82) is 0 Å². The molecule has 0 saturated heterocycles. The Morgan fingerprint density at radius 1 is 1.47 bits per heavy atom. The van der Waals surface area contributed by atoms with Gasteiger partial charge in [0.25, 0.3) is 0 Å². The highest BCUT2D eigenvalue weighted by Gasteiger charge is 2.38. The standard InChI is InChI=1S/C9H9ClF3NO/c1-5-4-14-8(10)3-7(5)15-6(2)9(11,12)13/h3-4,6H,1-2H3. The van der Waals surface area contributed by atoms with Crippen LogP contribution in [-0.2, 0) is 0 Å². The minimum atomic E-state index is -4.39. The maximum atomic E-state index is 12.2. The number of pyridine rings is 1. The van der Waals surface area contributed by atoms with Crippen LogP contribution in [0.3, 0.4) is 0 Å². The molecule has 0 radical (unpaired) electrons. The first-order chi connectivity index (χ1) is 6.80. The molecule has 0 fully saturated rings. The van der Waals surface area contributed by atoms with E-state index in [1.54, 1.807) is 6.92 Å². The zero-order chi connectivity index (χ0) is 11.6. The first-order valence-electron chi connectivity index (χ1n) is 4.16. The third kappa shape index (κ3) is 3.27. The lowest BCUT2D eigenvalue weighted by molar-refractivity contribution is -0.189. The number of aromatic nitrogens is 1. The fourth-order valence-electron chi connectivity index (χ4n) is 0.866. The van der Waals surface area contributed by atoms with Crippen molar-refractivity contribution in [2.75, 3.05) is 0 Å². The smallest absolute Gasteiger partial charge is 0.425 e. The van der Waals surface area contributed by atoms with Gasteiger partial charge in [-0.25, -0.2) is 4.98 Å². The molecule has 0 bridgehead atoms. The van der Waals surface area contributed by atoms with E-state index in [4.69, 9.17) is 16.3 Å². The van der Waals surface area contributed by atoms with E-state index in [1.807, 2.05) is 0 Å². The molecule has 0 aliphatic heterocycles. The maximum Gasteiger partial charge on any atom is 0.425 e. The van der Waals surface area contributed by atoms with Crippen LogP contribution < -0.4 is 4.74 Å². The van der Waals surface area contributed by atoms with Crippen LogP contribution in [0.5, 0.6) is 5.75 Å². The highest BCUT2D eigenvalue weighted by Crippen LogP contribution is 2.27. The maximum absolute atomic E-state index is 12.2. The fraction of sp³-hybridized carbons (Fsp3) is 0.444. The van der Waals surface area contributed by atoms with Gasteiger partial charge >= 0.3 is 6.18 Å². The zero-order valence-corrected chi connectivity index (χ0v) is 8.86. The summed E-state index contributed by atoms with van der Waals surface area (Å²) in [5.41, 5.74) is 0.510. The van der Waals surface area contributed by atoms with Crippen LogP contribution >= 0.6 is 11.6 Å². The molecule has 0 aliphatic rings. The van der Waals surface area contributed by atoms with Gasteiger partial charge in [0.05, 0.1) is 0 Å². The van der Waals surface area contributed by atoms with E-state index in [0.717, 1.165) is 6.92 Å². The second-order valence-electron chi connectivity index (χ2n) is 3.07. The van der Waals surface area contributed by atoms with Crippen molar-refractivity contribution < 1.29 is 17.9 Å². The van der Waals surface area contributed by atoms with E-state index < -0.39 is 12.3 Å². The Hall–Kier alpha value is -0.970. The summed E-state index contributed by atoms with van der Waals surface area (Å²) in [6.07, 6.45) is -4.89. The molecule has 2 nitrogen and oxygen atoms in total. The molecule has 0 spiro atoms. The van der Waals surface area contributed by atoms with Crippen molar-refractivity contribution >= 4 is 11.6 Å². The van der Waals surface area contributed by atoms with Crippen molar-refractivity contribution in [2.24, 2.45) is 0 Å². The van der Waals surface area contributed by atoms with Crippen molar-refractivity contribution in [3.63, 3.8) is 0 Å². The van der Waals surface area contributed by atoms with Crippen LogP contribution in [0.1, 0.15) is 12.5 Å². The second kappa shape index (κ2) is 4.26. The summed E-state index contributed by atoms with van der Waals surface area (Å²) < 4.78 is 41.3. The van der Waals surface area contributed by atoms with E-state index in [0.29, 0.717) is 5.56 Å². The summed E-state index contributed by atoms with van der Waals surface area (Å²) in [6.45, 7) is 2.54. The molecule has 84 valence electrons. The van der Waals surface area contributed by atoms with Crippen LogP contribution in [0.25, 0.3) is 0 Å². The summed E-state index contributed by atoms with van der Waals surface area (Å²) in [5.74, 6) is 0.0971. The Bertz CT molecular complexity index is 354. The molecular weight excluding hydrogens is 231 g/mol. The lowest BCUT2D eigenvalue weighted by atomic mass is 10.3. The quantitative estimate of drug-likeness (QED) is 0.738. The lowest BCUT2D eigenvalue weighted by Gasteiger charge is -2.18. The SMILES string of the molecule is Cc1cnc(Cl)cc1OC(C)C(F)(F)F. The minimum absolute atomic E-state index is 0.0971. The third-order valence-electron chi connectivity index (χ3n) is 1.79. The van der Waals surface area contributed by atoms with E-state index in [1.165, 1.54) is 12.3 Å². The molecule has 1 aromatic rings. The van der Waals surface area contributed by atoms with Gasteiger partial charge < -0.3 is 4.74 Å². The molecule has 0 saturated carbocycles. The molecule has 1 rings (SSSR count). The molecule has 1 heterocycles. The minimum Gasteiger partial charge on any atom is -0.481 e. The number of hydrogen-bond acceptors (Lipinski definition) is 2. The predicted octanol–water partition coefficient (Wildman–Crippen LogP) is 3.37. The number of rotatable bonds is 2. The van der Waals surface area contributed by atoms with Crippen LogP contribution in [-0.4, -0.2) is 17.3 Å². The van der Waals surface area contributed by atoms with Gasteiger partial charge in [-0.3, -0.25) is 0 Å². The monoisotopic (exact) mass is 239 g/mol. The number of aryl methyl sites for hydroxylation is 1. The van der Waals surface area contributed by atoms with E-state index in [2.05, 4.69) is 4.98 Å². The van der Waals surface area contributed by atoms with Gasteiger partial charge in [-0.05, 0) is 13.8 Å². The number of hydrogen-bond donors (Lipinski definition) is 0. The first-order valence-corrected chi connectivity index (χ1v) is 4.54. The van der Waals surface area contributed by atoms with Crippen molar-refractivity contribution in [3.8, 4) is 5.75 Å². The molecule has 0 aromatic carbocycles. The summed E-state index contributed by atoms with van der Waals surface area (Å²) in [5, 5.41) is 0.102. The van der Waals surface area contributed by atoms with E-state index in [9.17, 15) is 13.2 Å². The number of alkyl halides is 3. The van der Waals surface area contributed by atoms with Gasteiger partial charge in [0, 0.05) is 17.8 Å². The van der Waals surface area contributed by atoms with Gasteiger partial charge in [-0.1, -0.05) is 11.6 Å². The second-order valence-corrected chi connectivity index (χ2v) is 3.46. The average molecular weight is 240 g/mol. The molecule has 1 aromatic heterocycles. The molecule has 15 heavy (non-hydrogen) atoms. The summed E-state index contributed by atoms with van der Waals surface area (Å²) in [6, 6.07) is 1.26. The molecule has 1 atom stereocenters. The van der Waals surface area contributed by atoms with Gasteiger partial charge in [0.1, 0.15) is 10.9 Å². The number of halogens is 4. The largest absolute Gasteiger partial charge is 0.481 e. The summed E-state index contributed by atoms with van der Waals surface area (Å²) in [7, 11) is 0. The summed E-state index contributed by atoms with van der Waals surface area (Å²) in [4.78, 5) is 3.71. The first kappa shape index (κ1) is 12.1. The summed E-state index contributed by atoms with van der Waals surface area (Å²) >= 11 is 5.54. The average Bonchev–Trinajstić information content (AvgIpc) is 2.09. The Morgan fingerprint density at radius 2 is 2.07 bits per heavy atom. The molecule has 0 amide bonds. The van der Waals surface area contributed by atoms with Gasteiger partial charge in [0.15, 0.2) is 6.10 Å². The van der Waals surface area contributed by atoms with Crippen molar-refractivity contribution in [1.82, 2.24) is 4.98 Å². The predicted molar refractivity (Wildman–Crippen MR) is 50.1 cm³/mol. The molecule has 0 aliphatic carbocycles.